The van der Waals surface area contributed by atoms with Crippen molar-refractivity contribution in [3.63, 3.8) is 0 Å². The second-order valence-corrected chi connectivity index (χ2v) is 5.24. The summed E-state index contributed by atoms with van der Waals surface area (Å²) in [5.41, 5.74) is -1.44. The van der Waals surface area contributed by atoms with Crippen molar-refractivity contribution < 1.29 is 22.4 Å². The Bertz CT molecular complexity index is 726. The van der Waals surface area contributed by atoms with Gasteiger partial charge in [0, 0.05) is 11.5 Å². The minimum atomic E-state index is -4.75. The summed E-state index contributed by atoms with van der Waals surface area (Å²) in [6.07, 6.45) is -4.75. The average molecular weight is 326 g/mol. The van der Waals surface area contributed by atoms with Crippen molar-refractivity contribution >= 4 is 11.6 Å². The Hall–Kier alpha value is -2.44. The van der Waals surface area contributed by atoms with Gasteiger partial charge in [-0.15, -0.1) is 0 Å². The van der Waals surface area contributed by atoms with Crippen LogP contribution in [0.4, 0.5) is 23.2 Å². The highest BCUT2D eigenvalue weighted by Crippen LogP contribution is 2.35. The first-order chi connectivity index (χ1) is 10.7. The summed E-state index contributed by atoms with van der Waals surface area (Å²) < 4.78 is 52.8. The van der Waals surface area contributed by atoms with Crippen LogP contribution in [0.15, 0.2) is 36.4 Å². The van der Waals surface area contributed by atoms with Gasteiger partial charge in [0.15, 0.2) is 5.69 Å². The summed E-state index contributed by atoms with van der Waals surface area (Å²) >= 11 is 0. The lowest BCUT2D eigenvalue weighted by molar-refractivity contribution is -0.140. The number of carbonyl (C=O) groups excluding carboxylic acids is 1. The SMILES string of the molecule is CC(C)C(=O)Nc1ccc(-c2cccc(F)c2)nc1C(F)(F)F. The second kappa shape index (κ2) is 6.36. The van der Waals surface area contributed by atoms with Crippen molar-refractivity contribution in [1.29, 1.82) is 0 Å². The number of nitrogens with zero attached hydrogens (tertiary/aromatic N) is 1. The molecule has 2 aromatic rings. The third kappa shape index (κ3) is 4.06. The number of hydrogen-bond donors (Lipinski definition) is 1. The first-order valence-electron chi connectivity index (χ1n) is 6.83. The molecule has 0 atom stereocenters. The maximum absolute atomic E-state index is 13.2. The second-order valence-electron chi connectivity index (χ2n) is 5.24. The maximum Gasteiger partial charge on any atom is 0.435 e. The van der Waals surface area contributed by atoms with Gasteiger partial charge in [0.1, 0.15) is 5.82 Å². The van der Waals surface area contributed by atoms with E-state index < -0.39 is 35.2 Å². The molecule has 0 radical (unpaired) electrons. The molecule has 23 heavy (non-hydrogen) atoms. The minimum Gasteiger partial charge on any atom is -0.324 e. The van der Waals surface area contributed by atoms with Crippen molar-refractivity contribution in [2.45, 2.75) is 20.0 Å². The molecule has 0 saturated carbocycles. The number of aromatic nitrogens is 1. The highest BCUT2D eigenvalue weighted by atomic mass is 19.4. The van der Waals surface area contributed by atoms with E-state index in [0.717, 1.165) is 12.1 Å². The van der Waals surface area contributed by atoms with Crippen LogP contribution in [-0.2, 0) is 11.0 Å². The van der Waals surface area contributed by atoms with Gasteiger partial charge in [-0.2, -0.15) is 13.2 Å². The molecule has 1 heterocycles. The molecule has 0 fully saturated rings. The van der Waals surface area contributed by atoms with Crippen LogP contribution >= 0.6 is 0 Å². The lowest BCUT2D eigenvalue weighted by Crippen LogP contribution is -2.21. The van der Waals surface area contributed by atoms with E-state index >= 15 is 0 Å². The van der Waals surface area contributed by atoms with Crippen LogP contribution < -0.4 is 5.32 Å². The number of carbonyl (C=O) groups is 1. The number of rotatable bonds is 3. The Morgan fingerprint density at radius 2 is 1.87 bits per heavy atom. The molecule has 0 saturated heterocycles. The number of anilines is 1. The van der Waals surface area contributed by atoms with Crippen LogP contribution in [0.3, 0.4) is 0 Å². The molecule has 0 unspecified atom stereocenters. The Kier molecular flexibility index (Phi) is 4.68. The Labute approximate surface area is 130 Å². The van der Waals surface area contributed by atoms with E-state index in [1.54, 1.807) is 13.8 Å². The molecule has 0 aliphatic heterocycles. The van der Waals surface area contributed by atoms with Crippen LogP contribution in [0.1, 0.15) is 19.5 Å². The molecule has 1 N–H and O–H groups in total. The predicted molar refractivity (Wildman–Crippen MR) is 78.1 cm³/mol. The molecule has 0 bridgehead atoms. The zero-order valence-electron chi connectivity index (χ0n) is 12.4. The molecule has 0 spiro atoms. The van der Waals surface area contributed by atoms with E-state index in [9.17, 15) is 22.4 Å². The van der Waals surface area contributed by atoms with E-state index in [4.69, 9.17) is 0 Å². The molecular formula is C16H14F4N2O. The fourth-order valence-electron chi connectivity index (χ4n) is 1.86. The summed E-state index contributed by atoms with van der Waals surface area (Å²) in [4.78, 5) is 15.2. The van der Waals surface area contributed by atoms with E-state index in [1.165, 1.54) is 24.3 Å². The summed E-state index contributed by atoms with van der Waals surface area (Å²) in [6, 6.07) is 7.54. The van der Waals surface area contributed by atoms with Crippen LogP contribution in [-0.4, -0.2) is 10.9 Å². The molecule has 0 aliphatic carbocycles. The van der Waals surface area contributed by atoms with E-state index in [2.05, 4.69) is 10.3 Å². The van der Waals surface area contributed by atoms with Gasteiger partial charge in [-0.3, -0.25) is 4.79 Å². The lowest BCUT2D eigenvalue weighted by Gasteiger charge is -2.15. The highest BCUT2D eigenvalue weighted by molar-refractivity contribution is 5.92. The van der Waals surface area contributed by atoms with E-state index in [-0.39, 0.29) is 11.3 Å². The highest BCUT2D eigenvalue weighted by Gasteiger charge is 2.36. The Morgan fingerprint density at radius 3 is 2.43 bits per heavy atom. The van der Waals surface area contributed by atoms with Crippen molar-refractivity contribution in [2.75, 3.05) is 5.32 Å². The maximum atomic E-state index is 13.2. The third-order valence-corrected chi connectivity index (χ3v) is 3.07. The summed E-state index contributed by atoms with van der Waals surface area (Å²) in [5.74, 6) is -1.59. The van der Waals surface area contributed by atoms with Crippen LogP contribution in [0.25, 0.3) is 11.3 Å². The topological polar surface area (TPSA) is 42.0 Å². The standard InChI is InChI=1S/C16H14F4N2O/c1-9(2)15(23)22-13-7-6-12(21-14(13)16(18,19)20)10-4-3-5-11(17)8-10/h3-9H,1-2H3,(H,22,23). The smallest absolute Gasteiger partial charge is 0.324 e. The third-order valence-electron chi connectivity index (χ3n) is 3.07. The quantitative estimate of drug-likeness (QED) is 0.844. The monoisotopic (exact) mass is 326 g/mol. The largest absolute Gasteiger partial charge is 0.435 e. The van der Waals surface area contributed by atoms with Crippen LogP contribution in [0.5, 0.6) is 0 Å². The van der Waals surface area contributed by atoms with Crippen molar-refractivity contribution in [3.05, 3.63) is 47.9 Å². The van der Waals surface area contributed by atoms with Gasteiger partial charge < -0.3 is 5.32 Å². The zero-order chi connectivity index (χ0) is 17.2. The van der Waals surface area contributed by atoms with E-state index in [1.807, 2.05) is 0 Å². The molecule has 1 aromatic heterocycles. The van der Waals surface area contributed by atoms with Gasteiger partial charge in [0.25, 0.3) is 0 Å². The lowest BCUT2D eigenvalue weighted by atomic mass is 10.1. The van der Waals surface area contributed by atoms with Crippen LogP contribution in [0.2, 0.25) is 0 Å². The summed E-state index contributed by atoms with van der Waals surface area (Å²) in [5, 5.41) is 2.21. The van der Waals surface area contributed by atoms with Gasteiger partial charge >= 0.3 is 6.18 Å². The molecule has 1 aromatic carbocycles. The fourth-order valence-corrected chi connectivity index (χ4v) is 1.86. The van der Waals surface area contributed by atoms with Gasteiger partial charge in [-0.1, -0.05) is 26.0 Å². The number of amides is 1. The number of halogens is 4. The van der Waals surface area contributed by atoms with Gasteiger partial charge in [0.05, 0.1) is 11.4 Å². The normalized spacial score (nSPS) is 11.6. The van der Waals surface area contributed by atoms with Gasteiger partial charge in [-0.25, -0.2) is 9.37 Å². The molecule has 1 amide bonds. The molecule has 122 valence electrons. The number of nitrogens with one attached hydrogen (secondary N) is 1. The van der Waals surface area contributed by atoms with Crippen molar-refractivity contribution in [1.82, 2.24) is 4.98 Å². The molecule has 3 nitrogen and oxygen atoms in total. The first kappa shape index (κ1) is 16.9. The van der Waals surface area contributed by atoms with E-state index in [0.29, 0.717) is 0 Å². The molecule has 7 heteroatoms. The molecule has 2 rings (SSSR count). The fraction of sp³-hybridized carbons (Fsp3) is 0.250. The molecular weight excluding hydrogens is 312 g/mol. The first-order valence-corrected chi connectivity index (χ1v) is 6.83. The number of alkyl halides is 3. The average Bonchev–Trinajstić information content (AvgIpc) is 2.46. The van der Waals surface area contributed by atoms with Crippen molar-refractivity contribution in [3.8, 4) is 11.3 Å². The van der Waals surface area contributed by atoms with Gasteiger partial charge in [-0.05, 0) is 24.3 Å². The Morgan fingerprint density at radius 1 is 1.17 bits per heavy atom. The number of benzene rings is 1. The number of hydrogen-bond acceptors (Lipinski definition) is 2. The van der Waals surface area contributed by atoms with Gasteiger partial charge in [0.2, 0.25) is 5.91 Å². The van der Waals surface area contributed by atoms with Crippen molar-refractivity contribution in [2.24, 2.45) is 5.92 Å². The number of pyridine rings is 1. The summed E-state index contributed by atoms with van der Waals surface area (Å²) in [6.45, 7) is 3.13. The Balaban J connectivity index is 2.48. The summed E-state index contributed by atoms with van der Waals surface area (Å²) in [7, 11) is 0. The molecule has 0 aliphatic rings. The minimum absolute atomic E-state index is 0.0284. The van der Waals surface area contributed by atoms with Crippen LogP contribution in [0, 0.1) is 11.7 Å². The zero-order valence-corrected chi connectivity index (χ0v) is 12.4. The predicted octanol–water partition coefficient (Wildman–Crippen LogP) is 4.50.